The summed E-state index contributed by atoms with van der Waals surface area (Å²) in [5, 5.41) is 2.18. The topological polar surface area (TPSA) is 38.3 Å². The molecule has 84 valence electrons. The number of alkyl halides is 4. The lowest BCUT2D eigenvalue weighted by Crippen LogP contribution is -2.42. The molecular formula is C7H11Cl4NO2. The van der Waals surface area contributed by atoms with Gasteiger partial charge in [-0.25, -0.2) is 4.79 Å². The fraction of sp³-hybridized carbons (Fsp3) is 0.857. The Labute approximate surface area is 103 Å². The van der Waals surface area contributed by atoms with Gasteiger partial charge in [0.15, 0.2) is 5.50 Å². The van der Waals surface area contributed by atoms with E-state index in [9.17, 15) is 4.79 Å². The van der Waals surface area contributed by atoms with Crippen molar-refractivity contribution in [2.45, 2.75) is 35.7 Å². The van der Waals surface area contributed by atoms with Crippen LogP contribution in [0.3, 0.4) is 0 Å². The second-order valence-corrected chi connectivity index (χ2v) is 6.36. The van der Waals surface area contributed by atoms with E-state index in [0.29, 0.717) is 0 Å². The van der Waals surface area contributed by atoms with Gasteiger partial charge in [0.2, 0.25) is 3.79 Å². The van der Waals surface area contributed by atoms with E-state index in [4.69, 9.17) is 51.1 Å². The number of hydrogen-bond donors (Lipinski definition) is 1. The molecule has 0 radical (unpaired) electrons. The van der Waals surface area contributed by atoms with Crippen LogP contribution in [0.5, 0.6) is 0 Å². The standard InChI is InChI=1S/C7H11Cl4NO2/c1-6(2,3)14-5(13)12-4(8)7(9,10)11/h4H,1-3H3,(H,12,13). The minimum absolute atomic E-state index is 0.617. The maximum atomic E-state index is 11.1. The Morgan fingerprint density at radius 1 is 1.29 bits per heavy atom. The van der Waals surface area contributed by atoms with Crippen molar-refractivity contribution in [3.63, 3.8) is 0 Å². The summed E-state index contributed by atoms with van der Waals surface area (Å²) < 4.78 is 3.13. The number of halogens is 4. The van der Waals surface area contributed by atoms with Crippen molar-refractivity contribution >= 4 is 52.5 Å². The van der Waals surface area contributed by atoms with Crippen LogP contribution < -0.4 is 5.32 Å². The lowest BCUT2D eigenvalue weighted by Gasteiger charge is -2.23. The van der Waals surface area contributed by atoms with Crippen LogP contribution in [0.15, 0.2) is 0 Å². The van der Waals surface area contributed by atoms with Crippen LogP contribution in [0.1, 0.15) is 20.8 Å². The molecule has 0 fully saturated rings. The monoisotopic (exact) mass is 281 g/mol. The second kappa shape index (κ2) is 4.97. The Kier molecular flexibility index (Phi) is 5.12. The number of hydrogen-bond acceptors (Lipinski definition) is 2. The van der Waals surface area contributed by atoms with Crippen molar-refractivity contribution in [3.8, 4) is 0 Å². The molecule has 1 unspecified atom stereocenters. The van der Waals surface area contributed by atoms with Crippen molar-refractivity contribution in [2.75, 3.05) is 0 Å². The summed E-state index contributed by atoms with van der Waals surface area (Å²) >= 11 is 21.9. The number of nitrogens with one attached hydrogen (secondary N) is 1. The highest BCUT2D eigenvalue weighted by Gasteiger charge is 2.33. The molecule has 0 saturated heterocycles. The Balaban J connectivity index is 4.09. The maximum absolute atomic E-state index is 11.1. The van der Waals surface area contributed by atoms with E-state index in [2.05, 4.69) is 5.32 Å². The fourth-order valence-electron chi connectivity index (χ4n) is 0.493. The zero-order chi connectivity index (χ0) is 11.6. The van der Waals surface area contributed by atoms with Gasteiger partial charge in [-0.2, -0.15) is 0 Å². The van der Waals surface area contributed by atoms with Crippen molar-refractivity contribution in [1.29, 1.82) is 0 Å². The average molecular weight is 283 g/mol. The lowest BCUT2D eigenvalue weighted by atomic mass is 10.2. The van der Waals surface area contributed by atoms with Crippen molar-refractivity contribution < 1.29 is 9.53 Å². The zero-order valence-electron chi connectivity index (χ0n) is 7.91. The van der Waals surface area contributed by atoms with Gasteiger partial charge in [-0.05, 0) is 20.8 Å². The number of alkyl carbamates (subject to hydrolysis) is 1. The quantitative estimate of drug-likeness (QED) is 0.591. The summed E-state index contributed by atoms with van der Waals surface area (Å²) in [5.41, 5.74) is -1.75. The molecule has 0 aliphatic carbocycles. The van der Waals surface area contributed by atoms with Crippen molar-refractivity contribution in [1.82, 2.24) is 5.32 Å². The molecule has 7 heteroatoms. The first-order valence-corrected chi connectivity index (χ1v) is 5.30. The van der Waals surface area contributed by atoms with Crippen LogP contribution in [-0.2, 0) is 4.74 Å². The summed E-state index contributed by atoms with van der Waals surface area (Å²) in [7, 11) is 0. The normalized spacial score (nSPS) is 14.8. The fourth-order valence-corrected chi connectivity index (χ4v) is 0.746. The maximum Gasteiger partial charge on any atom is 0.408 e. The van der Waals surface area contributed by atoms with Crippen molar-refractivity contribution in [2.24, 2.45) is 0 Å². The minimum atomic E-state index is -1.77. The van der Waals surface area contributed by atoms with E-state index in [0.717, 1.165) is 0 Å². The predicted octanol–water partition coefficient (Wildman–Crippen LogP) is 3.45. The molecule has 1 atom stereocenters. The van der Waals surface area contributed by atoms with E-state index in [-0.39, 0.29) is 0 Å². The summed E-state index contributed by atoms with van der Waals surface area (Å²) in [4.78, 5) is 11.1. The van der Waals surface area contributed by atoms with Crippen LogP contribution in [0.2, 0.25) is 0 Å². The molecule has 0 bridgehead atoms. The number of ether oxygens (including phenoxy) is 1. The van der Waals surface area contributed by atoms with E-state index in [1.54, 1.807) is 20.8 Å². The smallest absolute Gasteiger partial charge is 0.408 e. The number of carbonyl (C=O) groups excluding carboxylic acids is 1. The van der Waals surface area contributed by atoms with Crippen LogP contribution in [0.4, 0.5) is 4.79 Å². The molecule has 14 heavy (non-hydrogen) atoms. The van der Waals surface area contributed by atoms with Crippen LogP contribution >= 0.6 is 46.4 Å². The van der Waals surface area contributed by atoms with Crippen LogP contribution in [0.25, 0.3) is 0 Å². The predicted molar refractivity (Wildman–Crippen MR) is 59.3 cm³/mol. The van der Waals surface area contributed by atoms with Gasteiger partial charge in [0.05, 0.1) is 0 Å². The lowest BCUT2D eigenvalue weighted by molar-refractivity contribution is 0.0521. The van der Waals surface area contributed by atoms with Gasteiger partial charge in [0, 0.05) is 0 Å². The molecule has 3 nitrogen and oxygen atoms in total. The molecule has 1 N–H and O–H groups in total. The number of amides is 1. The highest BCUT2D eigenvalue weighted by Crippen LogP contribution is 2.32. The van der Waals surface area contributed by atoms with Gasteiger partial charge < -0.3 is 10.1 Å². The first-order chi connectivity index (χ1) is 6.02. The summed E-state index contributed by atoms with van der Waals surface area (Å²) in [6, 6.07) is 0. The van der Waals surface area contributed by atoms with Gasteiger partial charge in [-0.3, -0.25) is 0 Å². The zero-order valence-corrected chi connectivity index (χ0v) is 10.9. The SMILES string of the molecule is CC(C)(C)OC(=O)NC(Cl)C(Cl)(Cl)Cl. The van der Waals surface area contributed by atoms with Gasteiger partial charge in [0.1, 0.15) is 5.60 Å². The van der Waals surface area contributed by atoms with Gasteiger partial charge in [0.25, 0.3) is 0 Å². The largest absolute Gasteiger partial charge is 0.444 e. The molecule has 0 aliphatic rings. The van der Waals surface area contributed by atoms with Crippen LogP contribution in [0, 0.1) is 0 Å². The summed E-state index contributed by atoms with van der Waals surface area (Å²) in [5.74, 6) is 0. The molecule has 0 spiro atoms. The Morgan fingerprint density at radius 2 is 1.71 bits per heavy atom. The number of carbonyl (C=O) groups is 1. The molecule has 0 saturated carbocycles. The van der Waals surface area contributed by atoms with E-state index < -0.39 is 21.0 Å². The molecule has 0 aliphatic heterocycles. The molecular weight excluding hydrogens is 272 g/mol. The van der Waals surface area contributed by atoms with Gasteiger partial charge in [-0.1, -0.05) is 46.4 Å². The van der Waals surface area contributed by atoms with Gasteiger partial charge in [-0.15, -0.1) is 0 Å². The van der Waals surface area contributed by atoms with Crippen LogP contribution in [-0.4, -0.2) is 21.0 Å². The third-order valence-electron chi connectivity index (χ3n) is 0.931. The van der Waals surface area contributed by atoms with E-state index in [1.165, 1.54) is 0 Å². The third kappa shape index (κ3) is 6.82. The molecule has 0 aromatic heterocycles. The highest BCUT2D eigenvalue weighted by molar-refractivity contribution is 6.70. The van der Waals surface area contributed by atoms with E-state index in [1.807, 2.05) is 0 Å². The molecule has 0 aromatic carbocycles. The first-order valence-electron chi connectivity index (χ1n) is 3.72. The Hall–Kier alpha value is 0.430. The second-order valence-electron chi connectivity index (χ2n) is 3.55. The minimum Gasteiger partial charge on any atom is -0.444 e. The average Bonchev–Trinajstić information content (AvgIpc) is 1.79. The third-order valence-corrected chi connectivity index (χ3v) is 2.36. The molecule has 1 amide bonds. The summed E-state index contributed by atoms with van der Waals surface area (Å²) in [6.07, 6.45) is -0.733. The molecule has 0 aromatic rings. The summed E-state index contributed by atoms with van der Waals surface area (Å²) in [6.45, 7) is 5.14. The van der Waals surface area contributed by atoms with E-state index >= 15 is 0 Å². The highest BCUT2D eigenvalue weighted by atomic mass is 35.6. The van der Waals surface area contributed by atoms with Crippen molar-refractivity contribution in [3.05, 3.63) is 0 Å². The Bertz CT molecular complexity index is 209. The molecule has 0 rings (SSSR count). The first kappa shape index (κ1) is 14.4. The number of rotatable bonds is 1. The molecule has 0 heterocycles. The Morgan fingerprint density at radius 3 is 2.00 bits per heavy atom. The van der Waals surface area contributed by atoms with Gasteiger partial charge >= 0.3 is 6.09 Å².